The van der Waals surface area contributed by atoms with Crippen LogP contribution < -0.4 is 5.32 Å². The lowest BCUT2D eigenvalue weighted by Gasteiger charge is -2.61. The van der Waals surface area contributed by atoms with Crippen LogP contribution in [0.15, 0.2) is 0 Å². The first-order valence-electron chi connectivity index (χ1n) is 16.6. The van der Waals surface area contributed by atoms with Crippen molar-refractivity contribution in [3.8, 4) is 0 Å². The third-order valence-electron chi connectivity index (χ3n) is 13.2. The van der Waals surface area contributed by atoms with Crippen LogP contribution >= 0.6 is 0 Å². The van der Waals surface area contributed by atoms with Crippen LogP contribution in [0.25, 0.3) is 0 Å². The molecule has 4 amide bonds. The SMILES string of the molecule is CN1C(=O)CC[C@]2(C)C3CC[C@@]4(C)C(CC[C@@H]4C(=O)N(C(=O)NC4CCCCC4)C4CCCCC4)C3CCC12. The van der Waals surface area contributed by atoms with Gasteiger partial charge in [0.25, 0.3) is 0 Å². The van der Waals surface area contributed by atoms with Crippen molar-refractivity contribution in [1.29, 1.82) is 0 Å². The van der Waals surface area contributed by atoms with E-state index in [9.17, 15) is 14.4 Å². The molecule has 1 N–H and O–H groups in total. The van der Waals surface area contributed by atoms with E-state index in [0.29, 0.717) is 36.1 Å². The fourth-order valence-electron chi connectivity index (χ4n) is 11.0. The highest BCUT2D eigenvalue weighted by Crippen LogP contribution is 2.66. The Kier molecular flexibility index (Phi) is 7.54. The molecule has 6 aliphatic rings. The molecule has 5 aliphatic carbocycles. The van der Waals surface area contributed by atoms with Crippen molar-refractivity contribution >= 4 is 17.8 Å². The van der Waals surface area contributed by atoms with Crippen molar-refractivity contribution in [2.24, 2.45) is 34.5 Å². The van der Waals surface area contributed by atoms with Gasteiger partial charge in [0.15, 0.2) is 0 Å². The molecule has 7 atom stereocenters. The summed E-state index contributed by atoms with van der Waals surface area (Å²) in [5.74, 6) is 2.26. The highest BCUT2D eigenvalue weighted by molar-refractivity contribution is 5.96. The Morgan fingerprint density at radius 3 is 2.18 bits per heavy atom. The topological polar surface area (TPSA) is 69.7 Å². The van der Waals surface area contributed by atoms with E-state index in [0.717, 1.165) is 77.0 Å². The second kappa shape index (κ2) is 10.7. The molecule has 39 heavy (non-hydrogen) atoms. The van der Waals surface area contributed by atoms with Gasteiger partial charge in [-0.1, -0.05) is 52.4 Å². The number of rotatable bonds is 3. The number of nitrogens with one attached hydrogen (secondary N) is 1. The molecule has 1 saturated heterocycles. The zero-order chi connectivity index (χ0) is 27.4. The molecule has 5 saturated carbocycles. The zero-order valence-electron chi connectivity index (χ0n) is 24.9. The van der Waals surface area contributed by atoms with Crippen LogP contribution in [-0.2, 0) is 9.59 Å². The van der Waals surface area contributed by atoms with Crippen molar-refractivity contribution in [2.45, 2.75) is 148 Å². The Labute approximate surface area is 236 Å². The summed E-state index contributed by atoms with van der Waals surface area (Å²) in [6, 6.07) is 0.568. The second-order valence-corrected chi connectivity index (χ2v) is 14.9. The number of hydrogen-bond acceptors (Lipinski definition) is 3. The Morgan fingerprint density at radius 2 is 1.46 bits per heavy atom. The molecular weight excluding hydrogens is 486 g/mol. The van der Waals surface area contributed by atoms with Gasteiger partial charge >= 0.3 is 6.03 Å². The number of nitrogens with zero attached hydrogens (tertiary/aromatic N) is 2. The van der Waals surface area contributed by atoms with Gasteiger partial charge in [0, 0.05) is 37.5 Å². The van der Waals surface area contributed by atoms with Gasteiger partial charge in [-0.05, 0) is 99.2 Å². The lowest BCUT2D eigenvalue weighted by Crippen LogP contribution is -2.62. The van der Waals surface area contributed by atoms with E-state index in [4.69, 9.17) is 0 Å². The predicted molar refractivity (Wildman–Crippen MR) is 153 cm³/mol. The van der Waals surface area contributed by atoms with Crippen LogP contribution in [0.4, 0.5) is 4.79 Å². The molecule has 0 aromatic rings. The van der Waals surface area contributed by atoms with Gasteiger partial charge in [-0.3, -0.25) is 14.5 Å². The first kappa shape index (κ1) is 27.6. The van der Waals surface area contributed by atoms with Crippen LogP contribution in [0, 0.1) is 34.5 Å². The number of hydrogen-bond donors (Lipinski definition) is 1. The molecule has 0 aromatic heterocycles. The normalized spacial score (nSPS) is 41.4. The molecule has 0 aromatic carbocycles. The molecule has 4 unspecified atom stereocenters. The Hall–Kier alpha value is -1.59. The monoisotopic (exact) mass is 539 g/mol. The van der Waals surface area contributed by atoms with Crippen LogP contribution in [-0.4, -0.2) is 52.8 Å². The average Bonchev–Trinajstić information content (AvgIpc) is 3.29. The third-order valence-corrected chi connectivity index (χ3v) is 13.2. The van der Waals surface area contributed by atoms with Crippen molar-refractivity contribution in [3.05, 3.63) is 0 Å². The maximum atomic E-state index is 14.5. The smallest absolute Gasteiger partial charge is 0.324 e. The minimum Gasteiger partial charge on any atom is -0.342 e. The molecule has 6 rings (SSSR count). The maximum Gasteiger partial charge on any atom is 0.324 e. The summed E-state index contributed by atoms with van der Waals surface area (Å²) in [6.07, 6.45) is 19.4. The van der Waals surface area contributed by atoms with E-state index in [-0.39, 0.29) is 40.8 Å². The second-order valence-electron chi connectivity index (χ2n) is 14.9. The van der Waals surface area contributed by atoms with Gasteiger partial charge in [0.05, 0.1) is 0 Å². The molecule has 0 spiro atoms. The molecule has 0 bridgehead atoms. The highest BCUT2D eigenvalue weighted by atomic mass is 16.2. The van der Waals surface area contributed by atoms with E-state index >= 15 is 0 Å². The van der Waals surface area contributed by atoms with Crippen molar-refractivity contribution in [1.82, 2.24) is 15.1 Å². The third kappa shape index (κ3) is 4.64. The number of urea groups is 1. The summed E-state index contributed by atoms with van der Waals surface area (Å²) in [6.45, 7) is 4.88. The quantitative estimate of drug-likeness (QED) is 0.435. The molecule has 6 fully saturated rings. The van der Waals surface area contributed by atoms with Gasteiger partial charge < -0.3 is 10.2 Å². The molecule has 6 heteroatoms. The van der Waals surface area contributed by atoms with E-state index < -0.39 is 0 Å². The van der Waals surface area contributed by atoms with Crippen LogP contribution in [0.2, 0.25) is 0 Å². The number of amides is 4. The van der Waals surface area contributed by atoms with Gasteiger partial charge in [-0.25, -0.2) is 4.79 Å². The number of piperidine rings is 1. The Morgan fingerprint density at radius 1 is 0.795 bits per heavy atom. The lowest BCUT2D eigenvalue weighted by molar-refractivity contribution is -0.161. The minimum absolute atomic E-state index is 0.0180. The largest absolute Gasteiger partial charge is 0.342 e. The predicted octanol–water partition coefficient (Wildman–Crippen LogP) is 6.67. The van der Waals surface area contributed by atoms with Crippen molar-refractivity contribution in [3.63, 3.8) is 0 Å². The van der Waals surface area contributed by atoms with E-state index in [2.05, 4.69) is 24.1 Å². The van der Waals surface area contributed by atoms with Crippen molar-refractivity contribution in [2.75, 3.05) is 7.05 Å². The standard InChI is InChI=1S/C33H53N3O3/c1-32-20-18-26-24(14-17-28-33(26,2)21-19-29(37)35(28)3)25(32)15-16-27(32)30(38)36(23-12-8-5-9-13-23)31(39)34-22-10-6-4-7-11-22/h22-28H,4-21H2,1-3H3,(H,34,39)/t24?,25?,26?,27-,28?,32+,33-/m1/s1. The van der Waals surface area contributed by atoms with E-state index in [1.165, 1.54) is 32.1 Å². The van der Waals surface area contributed by atoms with Crippen LogP contribution in [0.3, 0.4) is 0 Å². The van der Waals surface area contributed by atoms with Gasteiger partial charge in [-0.15, -0.1) is 0 Å². The summed E-state index contributed by atoms with van der Waals surface area (Å²) in [7, 11) is 2.03. The fraction of sp³-hybridized carbons (Fsp3) is 0.909. The molecule has 1 heterocycles. The summed E-state index contributed by atoms with van der Waals surface area (Å²) >= 11 is 0. The molecule has 0 radical (unpaired) electrons. The zero-order valence-corrected chi connectivity index (χ0v) is 24.9. The number of likely N-dealkylation sites (tertiary alicyclic amines) is 1. The molecule has 6 nitrogen and oxygen atoms in total. The summed E-state index contributed by atoms with van der Waals surface area (Å²) in [5, 5.41) is 3.33. The summed E-state index contributed by atoms with van der Waals surface area (Å²) in [5.41, 5.74) is 0.179. The lowest BCUT2D eigenvalue weighted by atomic mass is 9.47. The number of carbonyl (C=O) groups excluding carboxylic acids is 3. The van der Waals surface area contributed by atoms with Crippen LogP contribution in [0.1, 0.15) is 129 Å². The number of imide groups is 1. The fourth-order valence-corrected chi connectivity index (χ4v) is 11.0. The number of carbonyl (C=O) groups is 3. The minimum atomic E-state index is -0.0949. The van der Waals surface area contributed by atoms with Crippen molar-refractivity contribution < 1.29 is 14.4 Å². The summed E-state index contributed by atoms with van der Waals surface area (Å²) < 4.78 is 0. The molecule has 218 valence electrons. The summed E-state index contributed by atoms with van der Waals surface area (Å²) in [4.78, 5) is 44.7. The molecular formula is C33H53N3O3. The first-order chi connectivity index (χ1) is 18.7. The Bertz CT molecular complexity index is 956. The highest BCUT2D eigenvalue weighted by Gasteiger charge is 2.62. The average molecular weight is 540 g/mol. The first-order valence-corrected chi connectivity index (χ1v) is 16.6. The van der Waals surface area contributed by atoms with Gasteiger partial charge in [0.1, 0.15) is 0 Å². The van der Waals surface area contributed by atoms with E-state index in [1.54, 1.807) is 4.90 Å². The Balaban J connectivity index is 1.22. The van der Waals surface area contributed by atoms with Gasteiger partial charge in [0.2, 0.25) is 11.8 Å². The number of fused-ring (bicyclic) bond motifs is 5. The van der Waals surface area contributed by atoms with Crippen LogP contribution in [0.5, 0.6) is 0 Å². The van der Waals surface area contributed by atoms with E-state index in [1.807, 2.05) is 7.05 Å². The molecule has 1 aliphatic heterocycles. The van der Waals surface area contributed by atoms with Gasteiger partial charge in [-0.2, -0.15) is 0 Å². The maximum absolute atomic E-state index is 14.5.